The van der Waals surface area contributed by atoms with E-state index in [9.17, 15) is 14.4 Å². The Morgan fingerprint density at radius 2 is 1.91 bits per heavy atom. The van der Waals surface area contributed by atoms with Crippen LogP contribution in [0.4, 0.5) is 10.5 Å². The second-order valence-electron chi connectivity index (χ2n) is 7.30. The van der Waals surface area contributed by atoms with Gasteiger partial charge in [0.1, 0.15) is 18.0 Å². The largest absolute Gasteiger partial charge is 0.494 e. The first-order valence-electron chi connectivity index (χ1n) is 10.5. The fourth-order valence-electron chi connectivity index (χ4n) is 2.94. The van der Waals surface area contributed by atoms with E-state index in [1.165, 1.54) is 0 Å². The number of carbonyl (C=O) groups is 3. The van der Waals surface area contributed by atoms with E-state index in [1.54, 1.807) is 30.3 Å². The molecule has 0 saturated carbocycles. The molecule has 1 heterocycles. The Hall–Kier alpha value is -2.78. The number of anilines is 1. The Morgan fingerprint density at radius 1 is 1.18 bits per heavy atom. The SMILES string of the molecule is CCOc1ccc(NC(=O)CN2C(=O)S/C(=C/c3ccc(O[C@@H](C)CC)c(Br)c3)C2=O)cc1. The predicted molar refractivity (Wildman–Crippen MR) is 133 cm³/mol. The van der Waals surface area contributed by atoms with Gasteiger partial charge in [0.25, 0.3) is 11.1 Å². The van der Waals surface area contributed by atoms with Gasteiger partial charge in [-0.05, 0) is 96.0 Å². The molecular weight excluding hydrogens is 508 g/mol. The van der Waals surface area contributed by atoms with Crippen molar-refractivity contribution in [3.8, 4) is 11.5 Å². The van der Waals surface area contributed by atoms with Crippen LogP contribution in [0.3, 0.4) is 0 Å². The number of thioether (sulfide) groups is 1. The van der Waals surface area contributed by atoms with Gasteiger partial charge in [0.05, 0.1) is 22.1 Å². The van der Waals surface area contributed by atoms with E-state index in [2.05, 4.69) is 21.2 Å². The number of rotatable bonds is 9. The molecule has 2 aromatic carbocycles. The van der Waals surface area contributed by atoms with E-state index in [0.29, 0.717) is 23.8 Å². The Labute approximate surface area is 205 Å². The molecule has 1 fully saturated rings. The molecule has 33 heavy (non-hydrogen) atoms. The maximum Gasteiger partial charge on any atom is 0.294 e. The van der Waals surface area contributed by atoms with Crippen LogP contribution in [-0.4, -0.2) is 41.2 Å². The van der Waals surface area contributed by atoms with Crippen LogP contribution in [0.1, 0.15) is 32.8 Å². The van der Waals surface area contributed by atoms with E-state index < -0.39 is 17.1 Å². The topological polar surface area (TPSA) is 84.9 Å². The van der Waals surface area contributed by atoms with Crippen molar-refractivity contribution in [3.63, 3.8) is 0 Å². The van der Waals surface area contributed by atoms with Crippen molar-refractivity contribution in [3.05, 3.63) is 57.4 Å². The van der Waals surface area contributed by atoms with E-state index in [0.717, 1.165) is 33.1 Å². The maximum absolute atomic E-state index is 12.7. The molecule has 7 nitrogen and oxygen atoms in total. The van der Waals surface area contributed by atoms with Crippen molar-refractivity contribution in [2.75, 3.05) is 18.5 Å². The molecule has 0 unspecified atom stereocenters. The van der Waals surface area contributed by atoms with Crippen LogP contribution in [-0.2, 0) is 9.59 Å². The summed E-state index contributed by atoms with van der Waals surface area (Å²) in [6, 6.07) is 12.3. The lowest BCUT2D eigenvalue weighted by Gasteiger charge is -2.14. The van der Waals surface area contributed by atoms with Gasteiger partial charge in [0.2, 0.25) is 5.91 Å². The van der Waals surface area contributed by atoms with Gasteiger partial charge in [-0.3, -0.25) is 19.3 Å². The molecule has 0 aromatic heterocycles. The number of imide groups is 1. The molecule has 3 rings (SSSR count). The molecule has 0 spiro atoms. The summed E-state index contributed by atoms with van der Waals surface area (Å²) in [5.74, 6) is 0.443. The summed E-state index contributed by atoms with van der Waals surface area (Å²) in [4.78, 5) is 38.7. The average Bonchev–Trinajstić information content (AvgIpc) is 3.04. The van der Waals surface area contributed by atoms with E-state index in [4.69, 9.17) is 9.47 Å². The predicted octanol–water partition coefficient (Wildman–Crippen LogP) is 5.70. The lowest BCUT2D eigenvalue weighted by Crippen LogP contribution is -2.36. The standard InChI is InChI=1S/C24H25BrN2O5S/c1-4-15(3)32-20-11-6-16(12-19(20)25)13-21-23(29)27(24(30)33-21)14-22(28)26-17-7-9-18(10-8-17)31-5-2/h6-13,15H,4-5,14H2,1-3H3,(H,26,28)/b21-13+/t15-/m0/s1. The lowest BCUT2D eigenvalue weighted by molar-refractivity contribution is -0.127. The van der Waals surface area contributed by atoms with Crippen LogP contribution in [0.25, 0.3) is 6.08 Å². The van der Waals surface area contributed by atoms with E-state index in [1.807, 2.05) is 39.0 Å². The van der Waals surface area contributed by atoms with Crippen molar-refractivity contribution in [1.82, 2.24) is 4.90 Å². The normalized spacial score (nSPS) is 15.6. The number of nitrogens with zero attached hydrogens (tertiary/aromatic N) is 1. The van der Waals surface area contributed by atoms with Crippen molar-refractivity contribution >= 4 is 56.5 Å². The van der Waals surface area contributed by atoms with Gasteiger partial charge < -0.3 is 14.8 Å². The highest BCUT2D eigenvalue weighted by molar-refractivity contribution is 9.10. The zero-order valence-electron chi connectivity index (χ0n) is 18.6. The summed E-state index contributed by atoms with van der Waals surface area (Å²) in [7, 11) is 0. The Balaban J connectivity index is 1.64. The molecule has 0 aliphatic carbocycles. The third-order valence-corrected chi connectivity index (χ3v) is 6.31. The summed E-state index contributed by atoms with van der Waals surface area (Å²) in [6.07, 6.45) is 2.60. The molecule has 1 atom stereocenters. The summed E-state index contributed by atoms with van der Waals surface area (Å²) in [5.41, 5.74) is 1.29. The van der Waals surface area contributed by atoms with Crippen molar-refractivity contribution in [1.29, 1.82) is 0 Å². The van der Waals surface area contributed by atoms with Crippen LogP contribution in [0.5, 0.6) is 11.5 Å². The highest BCUT2D eigenvalue weighted by Crippen LogP contribution is 2.34. The van der Waals surface area contributed by atoms with Gasteiger partial charge >= 0.3 is 0 Å². The van der Waals surface area contributed by atoms with Gasteiger partial charge in [-0.2, -0.15) is 0 Å². The zero-order chi connectivity index (χ0) is 24.0. The quantitative estimate of drug-likeness (QED) is 0.417. The fraction of sp³-hybridized carbons (Fsp3) is 0.292. The maximum atomic E-state index is 12.7. The Morgan fingerprint density at radius 3 is 2.55 bits per heavy atom. The lowest BCUT2D eigenvalue weighted by atomic mass is 10.2. The number of hydrogen-bond donors (Lipinski definition) is 1. The molecule has 3 amide bonds. The van der Waals surface area contributed by atoms with Crippen molar-refractivity contribution in [2.45, 2.75) is 33.3 Å². The molecule has 174 valence electrons. The monoisotopic (exact) mass is 532 g/mol. The number of carbonyl (C=O) groups excluding carboxylic acids is 3. The van der Waals surface area contributed by atoms with Crippen LogP contribution in [0.2, 0.25) is 0 Å². The summed E-state index contributed by atoms with van der Waals surface area (Å²) in [5, 5.41) is 2.21. The molecule has 1 N–H and O–H groups in total. The Bertz CT molecular complexity index is 1070. The van der Waals surface area contributed by atoms with Crippen LogP contribution >= 0.6 is 27.7 Å². The highest BCUT2D eigenvalue weighted by Gasteiger charge is 2.36. The molecule has 9 heteroatoms. The fourth-order valence-corrected chi connectivity index (χ4v) is 4.26. The van der Waals surface area contributed by atoms with Gasteiger partial charge in [0.15, 0.2) is 0 Å². The number of nitrogens with one attached hydrogen (secondary N) is 1. The van der Waals surface area contributed by atoms with Crippen molar-refractivity contribution in [2.24, 2.45) is 0 Å². The molecule has 0 bridgehead atoms. The number of halogens is 1. The molecule has 0 radical (unpaired) electrons. The number of amides is 3. The minimum Gasteiger partial charge on any atom is -0.494 e. The molecule has 1 aliphatic rings. The first-order valence-corrected chi connectivity index (χ1v) is 12.2. The van der Waals surface area contributed by atoms with E-state index >= 15 is 0 Å². The third-order valence-electron chi connectivity index (χ3n) is 4.78. The average molecular weight is 533 g/mol. The van der Waals surface area contributed by atoms with Gasteiger partial charge in [-0.25, -0.2) is 0 Å². The number of benzene rings is 2. The van der Waals surface area contributed by atoms with Crippen LogP contribution in [0, 0.1) is 0 Å². The molecule has 1 saturated heterocycles. The van der Waals surface area contributed by atoms with Crippen molar-refractivity contribution < 1.29 is 23.9 Å². The smallest absolute Gasteiger partial charge is 0.294 e. The van der Waals surface area contributed by atoms with Gasteiger partial charge in [-0.15, -0.1) is 0 Å². The van der Waals surface area contributed by atoms with E-state index in [-0.39, 0.29) is 17.6 Å². The summed E-state index contributed by atoms with van der Waals surface area (Å²) >= 11 is 4.30. The van der Waals surface area contributed by atoms with Crippen LogP contribution < -0.4 is 14.8 Å². The molecule has 1 aliphatic heterocycles. The minimum absolute atomic E-state index is 0.0809. The third kappa shape index (κ3) is 6.61. The second-order valence-corrected chi connectivity index (χ2v) is 9.15. The number of ether oxygens (including phenoxy) is 2. The first kappa shape index (κ1) is 24.9. The number of hydrogen-bond acceptors (Lipinski definition) is 6. The molecular formula is C24H25BrN2O5S. The van der Waals surface area contributed by atoms with Gasteiger partial charge in [-0.1, -0.05) is 13.0 Å². The summed E-state index contributed by atoms with van der Waals surface area (Å²) in [6.45, 7) is 6.10. The molecule has 2 aromatic rings. The van der Waals surface area contributed by atoms with Crippen LogP contribution in [0.15, 0.2) is 51.8 Å². The Kier molecular flexibility index (Phi) is 8.57. The first-order chi connectivity index (χ1) is 15.8. The zero-order valence-corrected chi connectivity index (χ0v) is 21.0. The second kappa shape index (κ2) is 11.4. The van der Waals surface area contributed by atoms with Gasteiger partial charge in [0, 0.05) is 5.69 Å². The highest BCUT2D eigenvalue weighted by atomic mass is 79.9. The summed E-state index contributed by atoms with van der Waals surface area (Å²) < 4.78 is 12.0. The minimum atomic E-state index is -0.497.